The molecule has 1 heterocycles. The van der Waals surface area contributed by atoms with E-state index in [0.29, 0.717) is 53.0 Å². The monoisotopic (exact) mass is 426 g/mol. The molecule has 6 heteroatoms. The highest BCUT2D eigenvalue weighted by molar-refractivity contribution is 5.71. The summed E-state index contributed by atoms with van der Waals surface area (Å²) in [6, 6.07) is 1.73. The lowest BCUT2D eigenvalue weighted by Crippen LogP contribution is -2.09. The average molecular weight is 427 g/mol. The molecule has 0 spiro atoms. The number of allylic oxidation sites excluding steroid dienone is 4. The number of fused-ring (bicyclic) bond motifs is 2. The molecule has 0 amide bonds. The molecule has 0 saturated heterocycles. The summed E-state index contributed by atoms with van der Waals surface area (Å²) in [4.78, 5) is 0. The van der Waals surface area contributed by atoms with Crippen LogP contribution < -0.4 is 14.2 Å². The average Bonchev–Trinajstić information content (AvgIpc) is 2.72. The molecule has 1 aliphatic rings. The summed E-state index contributed by atoms with van der Waals surface area (Å²) in [6.07, 6.45) is 5.10. The molecule has 1 aliphatic heterocycles. The molecule has 2 aromatic rings. The smallest absolute Gasteiger partial charge is 0.207 e. The van der Waals surface area contributed by atoms with Gasteiger partial charge in [-0.05, 0) is 46.6 Å². The third kappa shape index (κ3) is 4.15. The molecule has 0 unspecified atom stereocenters. The van der Waals surface area contributed by atoms with Crippen molar-refractivity contribution < 1.29 is 29.5 Å². The van der Waals surface area contributed by atoms with Gasteiger partial charge in [0.05, 0.1) is 14.2 Å². The molecule has 0 aliphatic carbocycles. The van der Waals surface area contributed by atoms with E-state index in [1.807, 2.05) is 39.8 Å². The molecule has 3 rings (SSSR count). The van der Waals surface area contributed by atoms with Crippen molar-refractivity contribution in [2.24, 2.45) is 0 Å². The lowest BCUT2D eigenvalue weighted by Gasteiger charge is -2.27. The maximum Gasteiger partial charge on any atom is 0.207 e. The highest BCUT2D eigenvalue weighted by Crippen LogP contribution is 2.55. The normalized spacial score (nSPS) is 11.7. The summed E-state index contributed by atoms with van der Waals surface area (Å²) in [5.41, 5.74) is 4.46. The van der Waals surface area contributed by atoms with Crippen LogP contribution in [0.5, 0.6) is 40.2 Å². The zero-order valence-corrected chi connectivity index (χ0v) is 18.9. The van der Waals surface area contributed by atoms with Gasteiger partial charge in [0.15, 0.2) is 11.5 Å². The van der Waals surface area contributed by atoms with E-state index in [-0.39, 0.29) is 28.7 Å². The van der Waals surface area contributed by atoms with Crippen LogP contribution in [0.1, 0.15) is 49.9 Å². The number of methoxy groups -OCH3 is 2. The first-order valence-electron chi connectivity index (χ1n) is 10.2. The molecule has 2 aromatic carbocycles. The van der Waals surface area contributed by atoms with Crippen LogP contribution in [0.3, 0.4) is 0 Å². The fourth-order valence-corrected chi connectivity index (χ4v) is 3.70. The van der Waals surface area contributed by atoms with E-state index in [0.717, 1.165) is 11.1 Å². The molecular weight excluding hydrogens is 396 g/mol. The number of aromatic hydroxyl groups is 3. The highest BCUT2D eigenvalue weighted by atomic mass is 16.5. The summed E-state index contributed by atoms with van der Waals surface area (Å²) in [7, 11) is 2.93. The summed E-state index contributed by atoms with van der Waals surface area (Å²) in [6.45, 7) is 7.90. The summed E-state index contributed by atoms with van der Waals surface area (Å²) in [5.74, 6) is 0.981. The minimum absolute atomic E-state index is 0.00544. The van der Waals surface area contributed by atoms with Gasteiger partial charge in [-0.15, -0.1) is 0 Å². The van der Waals surface area contributed by atoms with E-state index < -0.39 is 0 Å². The molecule has 0 saturated carbocycles. The van der Waals surface area contributed by atoms with Gasteiger partial charge in [-0.1, -0.05) is 23.3 Å². The third-order valence-electron chi connectivity index (χ3n) is 5.37. The number of rotatable bonds is 6. The Bertz CT molecular complexity index is 1070. The fraction of sp³-hybridized carbons (Fsp3) is 0.360. The van der Waals surface area contributed by atoms with E-state index in [1.54, 1.807) is 6.07 Å². The van der Waals surface area contributed by atoms with E-state index in [9.17, 15) is 15.3 Å². The van der Waals surface area contributed by atoms with E-state index >= 15 is 0 Å². The van der Waals surface area contributed by atoms with Crippen molar-refractivity contribution in [3.63, 3.8) is 0 Å². The first-order valence-corrected chi connectivity index (χ1v) is 10.2. The van der Waals surface area contributed by atoms with Crippen molar-refractivity contribution in [2.75, 3.05) is 14.2 Å². The first-order chi connectivity index (χ1) is 14.7. The van der Waals surface area contributed by atoms with Crippen molar-refractivity contribution in [1.82, 2.24) is 0 Å². The predicted molar refractivity (Wildman–Crippen MR) is 120 cm³/mol. The van der Waals surface area contributed by atoms with Gasteiger partial charge in [0.2, 0.25) is 11.5 Å². The first kappa shape index (κ1) is 22.4. The van der Waals surface area contributed by atoms with Gasteiger partial charge in [-0.3, -0.25) is 0 Å². The van der Waals surface area contributed by atoms with Crippen molar-refractivity contribution in [3.05, 3.63) is 51.6 Å². The van der Waals surface area contributed by atoms with Gasteiger partial charge < -0.3 is 29.5 Å². The lowest BCUT2D eigenvalue weighted by atomic mass is 9.90. The topological polar surface area (TPSA) is 88.4 Å². The molecule has 0 aromatic heterocycles. The molecule has 6 nitrogen and oxygen atoms in total. The molecule has 0 bridgehead atoms. The lowest BCUT2D eigenvalue weighted by molar-refractivity contribution is 0.318. The van der Waals surface area contributed by atoms with Crippen molar-refractivity contribution in [2.45, 2.75) is 47.0 Å². The number of phenolic OH excluding ortho intramolecular Hbond substituents is 3. The molecule has 166 valence electrons. The number of ether oxygens (including phenoxy) is 3. The quantitative estimate of drug-likeness (QED) is 0.449. The molecular formula is C25H30O6. The minimum Gasteiger partial charge on any atom is -0.507 e. The minimum atomic E-state index is -0.178. The zero-order chi connectivity index (χ0) is 22.9. The van der Waals surface area contributed by atoms with Gasteiger partial charge in [-0.25, -0.2) is 0 Å². The summed E-state index contributed by atoms with van der Waals surface area (Å²) < 4.78 is 16.7. The standard InChI is InChI=1S/C25H30O6/c1-13(2)7-9-16-20(26)17(10-8-14(3)4)24-18(21(16)27)11-15-12-19(29-5)25(30-6)22(28)23(15)31-24/h7-8,12,26-28H,9-11H2,1-6H3. The van der Waals surface area contributed by atoms with Gasteiger partial charge in [0.1, 0.15) is 17.2 Å². The Balaban J connectivity index is 2.24. The Hall–Kier alpha value is -3.28. The van der Waals surface area contributed by atoms with Gasteiger partial charge in [-0.2, -0.15) is 0 Å². The number of hydrogen-bond donors (Lipinski definition) is 3. The second kappa shape index (κ2) is 8.84. The van der Waals surface area contributed by atoms with E-state index in [1.165, 1.54) is 14.2 Å². The molecule has 0 atom stereocenters. The Morgan fingerprint density at radius 3 is 2.03 bits per heavy atom. The number of hydrogen-bond acceptors (Lipinski definition) is 6. The number of phenols is 3. The van der Waals surface area contributed by atoms with Crippen LogP contribution in [0.4, 0.5) is 0 Å². The SMILES string of the molecule is COc1cc2c(c(O)c1OC)Oc1c(CC=C(C)C)c(O)c(CC=C(C)C)c(O)c1C2. The number of benzene rings is 2. The largest absolute Gasteiger partial charge is 0.507 e. The Labute approximate surface area is 183 Å². The second-order valence-corrected chi connectivity index (χ2v) is 8.16. The third-order valence-corrected chi connectivity index (χ3v) is 5.37. The van der Waals surface area contributed by atoms with Crippen molar-refractivity contribution >= 4 is 0 Å². The summed E-state index contributed by atoms with van der Waals surface area (Å²) >= 11 is 0. The van der Waals surface area contributed by atoms with Crippen molar-refractivity contribution in [3.8, 4) is 40.2 Å². The van der Waals surface area contributed by atoms with Gasteiger partial charge in [0.25, 0.3) is 0 Å². The van der Waals surface area contributed by atoms with Gasteiger partial charge in [0, 0.05) is 28.7 Å². The van der Waals surface area contributed by atoms with Crippen molar-refractivity contribution in [1.29, 1.82) is 0 Å². The predicted octanol–water partition coefficient (Wildman–Crippen LogP) is 5.53. The highest BCUT2D eigenvalue weighted by Gasteiger charge is 2.32. The molecule has 0 radical (unpaired) electrons. The Morgan fingerprint density at radius 2 is 1.48 bits per heavy atom. The Kier molecular flexibility index (Phi) is 6.39. The maximum absolute atomic E-state index is 11.0. The Morgan fingerprint density at radius 1 is 0.871 bits per heavy atom. The van der Waals surface area contributed by atoms with E-state index in [2.05, 4.69) is 0 Å². The van der Waals surface area contributed by atoms with Crippen LogP contribution in [-0.4, -0.2) is 29.5 Å². The molecule has 31 heavy (non-hydrogen) atoms. The second-order valence-electron chi connectivity index (χ2n) is 8.16. The van der Waals surface area contributed by atoms with Gasteiger partial charge >= 0.3 is 0 Å². The molecule has 0 fully saturated rings. The molecule has 3 N–H and O–H groups in total. The fourth-order valence-electron chi connectivity index (χ4n) is 3.70. The van der Waals surface area contributed by atoms with Crippen LogP contribution >= 0.6 is 0 Å². The summed E-state index contributed by atoms with van der Waals surface area (Å²) in [5, 5.41) is 32.8. The van der Waals surface area contributed by atoms with Crippen LogP contribution in [0, 0.1) is 0 Å². The zero-order valence-electron chi connectivity index (χ0n) is 18.9. The van der Waals surface area contributed by atoms with Crippen LogP contribution in [-0.2, 0) is 19.3 Å². The van der Waals surface area contributed by atoms with Crippen LogP contribution in [0.25, 0.3) is 0 Å². The van der Waals surface area contributed by atoms with Crippen LogP contribution in [0.15, 0.2) is 29.4 Å². The van der Waals surface area contributed by atoms with Crippen LogP contribution in [0.2, 0.25) is 0 Å². The van der Waals surface area contributed by atoms with E-state index in [4.69, 9.17) is 14.2 Å². The maximum atomic E-state index is 11.0.